The van der Waals surface area contributed by atoms with E-state index in [0.29, 0.717) is 0 Å². The van der Waals surface area contributed by atoms with Crippen molar-refractivity contribution in [1.29, 1.82) is 0 Å². The van der Waals surface area contributed by atoms with Gasteiger partial charge in [-0.05, 0) is 54.0 Å². The Morgan fingerprint density at radius 3 is 2.75 bits per heavy atom. The van der Waals surface area contributed by atoms with Crippen LogP contribution in [0.2, 0.25) is 0 Å². The molecule has 3 rings (SSSR count). The zero-order valence-electron chi connectivity index (χ0n) is 12.6. The minimum Gasteiger partial charge on any atom is -0.140 e. The Morgan fingerprint density at radius 2 is 2.00 bits per heavy atom. The fourth-order valence-electron chi connectivity index (χ4n) is 2.91. The van der Waals surface area contributed by atoms with Gasteiger partial charge in [0.05, 0.1) is 0 Å². The SMILES string of the molecule is CCC1=Cc2c(cccc2-c2ccc(CC(C)C)s2)C1. The van der Waals surface area contributed by atoms with Gasteiger partial charge in [0.2, 0.25) is 0 Å². The quantitative estimate of drug-likeness (QED) is 0.648. The second kappa shape index (κ2) is 5.57. The maximum atomic E-state index is 2.41. The van der Waals surface area contributed by atoms with Gasteiger partial charge in [0, 0.05) is 9.75 Å². The van der Waals surface area contributed by atoms with Crippen LogP contribution >= 0.6 is 11.3 Å². The highest BCUT2D eigenvalue weighted by Gasteiger charge is 2.16. The van der Waals surface area contributed by atoms with Gasteiger partial charge >= 0.3 is 0 Å². The normalized spacial score (nSPS) is 13.7. The smallest absolute Gasteiger partial charge is 0.0351 e. The molecular weight excluding hydrogens is 260 g/mol. The van der Waals surface area contributed by atoms with Crippen LogP contribution in [0.25, 0.3) is 16.5 Å². The number of hydrogen-bond donors (Lipinski definition) is 0. The van der Waals surface area contributed by atoms with Crippen molar-refractivity contribution in [2.24, 2.45) is 5.92 Å². The number of hydrogen-bond acceptors (Lipinski definition) is 1. The van der Waals surface area contributed by atoms with E-state index in [0.717, 1.165) is 18.8 Å². The molecule has 1 aromatic heterocycles. The molecule has 0 nitrogen and oxygen atoms in total. The molecule has 2 aromatic rings. The highest BCUT2D eigenvalue weighted by molar-refractivity contribution is 7.15. The molecule has 0 spiro atoms. The van der Waals surface area contributed by atoms with Crippen molar-refractivity contribution in [1.82, 2.24) is 0 Å². The van der Waals surface area contributed by atoms with Gasteiger partial charge in [-0.1, -0.05) is 50.6 Å². The summed E-state index contributed by atoms with van der Waals surface area (Å²) in [5, 5.41) is 0. The Balaban J connectivity index is 1.97. The third-order valence-electron chi connectivity index (χ3n) is 3.95. The summed E-state index contributed by atoms with van der Waals surface area (Å²) in [6.07, 6.45) is 5.91. The van der Waals surface area contributed by atoms with E-state index in [2.05, 4.69) is 57.2 Å². The van der Waals surface area contributed by atoms with Crippen molar-refractivity contribution in [3.8, 4) is 10.4 Å². The second-order valence-corrected chi connectivity index (χ2v) is 7.24. The second-order valence-electron chi connectivity index (χ2n) is 6.08. The zero-order chi connectivity index (χ0) is 14.1. The topological polar surface area (TPSA) is 0 Å². The van der Waals surface area contributed by atoms with Crippen LogP contribution < -0.4 is 0 Å². The van der Waals surface area contributed by atoms with Crippen molar-refractivity contribution >= 4 is 17.4 Å². The molecule has 0 fully saturated rings. The molecule has 20 heavy (non-hydrogen) atoms. The van der Waals surface area contributed by atoms with Crippen LogP contribution in [0.15, 0.2) is 35.9 Å². The van der Waals surface area contributed by atoms with Crippen LogP contribution in [-0.2, 0) is 12.8 Å². The number of rotatable bonds is 4. The Bertz CT molecular complexity index is 644. The monoisotopic (exact) mass is 282 g/mol. The first-order valence-corrected chi connectivity index (χ1v) is 8.39. The Morgan fingerprint density at radius 1 is 1.15 bits per heavy atom. The van der Waals surface area contributed by atoms with Gasteiger partial charge < -0.3 is 0 Å². The van der Waals surface area contributed by atoms with E-state index in [9.17, 15) is 0 Å². The molecule has 0 amide bonds. The van der Waals surface area contributed by atoms with Gasteiger partial charge in [-0.25, -0.2) is 0 Å². The van der Waals surface area contributed by atoms with E-state index < -0.39 is 0 Å². The van der Waals surface area contributed by atoms with E-state index in [1.165, 1.54) is 32.9 Å². The molecule has 1 aliphatic carbocycles. The molecule has 1 heterocycles. The van der Waals surface area contributed by atoms with E-state index in [-0.39, 0.29) is 0 Å². The van der Waals surface area contributed by atoms with Crippen LogP contribution in [0.4, 0.5) is 0 Å². The summed E-state index contributed by atoms with van der Waals surface area (Å²) >= 11 is 1.96. The average Bonchev–Trinajstić information content (AvgIpc) is 3.03. The summed E-state index contributed by atoms with van der Waals surface area (Å²) in [5.41, 5.74) is 5.94. The van der Waals surface area contributed by atoms with Crippen LogP contribution in [0.5, 0.6) is 0 Å². The predicted octanol–water partition coefficient (Wildman–Crippen LogP) is 5.96. The van der Waals surface area contributed by atoms with Crippen molar-refractivity contribution in [3.05, 3.63) is 51.9 Å². The fraction of sp³-hybridized carbons (Fsp3) is 0.368. The lowest BCUT2D eigenvalue weighted by molar-refractivity contribution is 0.654. The summed E-state index contributed by atoms with van der Waals surface area (Å²) in [4.78, 5) is 2.93. The molecule has 0 bridgehead atoms. The third-order valence-corrected chi connectivity index (χ3v) is 5.09. The standard InChI is InChI=1S/C19H22S/c1-4-14-11-15-6-5-7-17(18(15)12-14)19-9-8-16(20-19)10-13(2)3/h5-9,12-13H,4,10-11H2,1-3H3. The maximum Gasteiger partial charge on any atom is 0.0351 e. The first kappa shape index (κ1) is 13.6. The molecule has 0 unspecified atom stereocenters. The molecule has 0 atom stereocenters. The van der Waals surface area contributed by atoms with E-state index in [1.807, 2.05) is 11.3 Å². The summed E-state index contributed by atoms with van der Waals surface area (Å²) in [7, 11) is 0. The molecule has 104 valence electrons. The molecule has 0 N–H and O–H groups in total. The molecule has 0 saturated heterocycles. The van der Waals surface area contributed by atoms with Gasteiger partial charge in [0.25, 0.3) is 0 Å². The minimum absolute atomic E-state index is 0.731. The Kier molecular flexibility index (Phi) is 3.80. The summed E-state index contributed by atoms with van der Waals surface area (Å²) in [5.74, 6) is 0.731. The van der Waals surface area contributed by atoms with Crippen LogP contribution in [0, 0.1) is 5.92 Å². The van der Waals surface area contributed by atoms with Gasteiger partial charge in [-0.3, -0.25) is 0 Å². The van der Waals surface area contributed by atoms with E-state index in [4.69, 9.17) is 0 Å². The molecule has 0 aliphatic heterocycles. The van der Waals surface area contributed by atoms with E-state index >= 15 is 0 Å². The number of fused-ring (bicyclic) bond motifs is 1. The first-order chi connectivity index (χ1) is 9.67. The van der Waals surface area contributed by atoms with Crippen molar-refractivity contribution in [3.63, 3.8) is 0 Å². The van der Waals surface area contributed by atoms with Crippen molar-refractivity contribution in [2.75, 3.05) is 0 Å². The highest BCUT2D eigenvalue weighted by atomic mass is 32.1. The molecule has 1 aromatic carbocycles. The molecule has 0 radical (unpaired) electrons. The lowest BCUT2D eigenvalue weighted by atomic mass is 10.0. The third kappa shape index (κ3) is 2.60. The van der Waals surface area contributed by atoms with Gasteiger partial charge in [0.1, 0.15) is 0 Å². The number of benzene rings is 1. The maximum absolute atomic E-state index is 2.41. The Labute approximate surface area is 126 Å². The van der Waals surface area contributed by atoms with Gasteiger partial charge in [-0.15, -0.1) is 11.3 Å². The highest BCUT2D eigenvalue weighted by Crippen LogP contribution is 2.38. The van der Waals surface area contributed by atoms with Crippen LogP contribution in [0.3, 0.4) is 0 Å². The summed E-state index contributed by atoms with van der Waals surface area (Å²) < 4.78 is 0. The number of allylic oxidation sites excluding steroid dienone is 1. The molecule has 0 saturated carbocycles. The minimum atomic E-state index is 0.731. The summed E-state index contributed by atoms with van der Waals surface area (Å²) in [6.45, 7) is 6.83. The predicted molar refractivity (Wildman–Crippen MR) is 90.3 cm³/mol. The lowest BCUT2D eigenvalue weighted by Crippen LogP contribution is -1.89. The zero-order valence-corrected chi connectivity index (χ0v) is 13.4. The molecule has 1 heteroatoms. The van der Waals surface area contributed by atoms with Gasteiger partial charge in [0.15, 0.2) is 0 Å². The molecule has 1 aliphatic rings. The van der Waals surface area contributed by atoms with Crippen LogP contribution in [0.1, 0.15) is 43.2 Å². The summed E-state index contributed by atoms with van der Waals surface area (Å²) in [6, 6.07) is 11.4. The van der Waals surface area contributed by atoms with E-state index in [1.54, 1.807) is 5.57 Å². The average molecular weight is 282 g/mol. The van der Waals surface area contributed by atoms with Crippen LogP contribution in [-0.4, -0.2) is 0 Å². The van der Waals surface area contributed by atoms with Gasteiger partial charge in [-0.2, -0.15) is 0 Å². The fourth-order valence-corrected chi connectivity index (χ4v) is 4.17. The number of thiophene rings is 1. The Hall–Kier alpha value is -1.34. The lowest BCUT2D eigenvalue weighted by Gasteiger charge is -2.05. The van der Waals surface area contributed by atoms with Crippen molar-refractivity contribution < 1.29 is 0 Å². The van der Waals surface area contributed by atoms with Crippen molar-refractivity contribution in [2.45, 2.75) is 40.0 Å². The first-order valence-electron chi connectivity index (χ1n) is 7.57. The largest absolute Gasteiger partial charge is 0.140 e. The molecular formula is C19H22S.